The fourth-order valence-electron chi connectivity index (χ4n) is 1.41. The summed E-state index contributed by atoms with van der Waals surface area (Å²) < 4.78 is 51.1. The molecule has 0 fully saturated rings. The Balaban J connectivity index is 3.76. The van der Waals surface area contributed by atoms with Gasteiger partial charge in [-0.15, -0.1) is 0 Å². The van der Waals surface area contributed by atoms with E-state index >= 15 is 0 Å². The van der Waals surface area contributed by atoms with Crippen LogP contribution in [0, 0.1) is 0 Å². The van der Waals surface area contributed by atoms with E-state index in [0.29, 0.717) is 12.8 Å². The van der Waals surface area contributed by atoms with Gasteiger partial charge in [0.2, 0.25) is 0 Å². The van der Waals surface area contributed by atoms with Crippen LogP contribution >= 0.6 is 0 Å². The number of rotatable bonds is 12. The van der Waals surface area contributed by atoms with Crippen molar-refractivity contribution < 1.29 is 21.6 Å². The molecule has 0 unspecified atom stereocenters. The van der Waals surface area contributed by atoms with Crippen molar-refractivity contribution >= 4 is 19.7 Å². The summed E-state index contributed by atoms with van der Waals surface area (Å²) in [5, 5.41) is 0. The van der Waals surface area contributed by atoms with Gasteiger partial charge in [-0.1, -0.05) is 26.7 Å². The van der Waals surface area contributed by atoms with E-state index in [1.165, 1.54) is 0 Å². The molecule has 0 saturated carbocycles. The third-order valence-corrected chi connectivity index (χ3v) is 6.09. The molecule has 0 saturated heterocycles. The summed E-state index contributed by atoms with van der Waals surface area (Å²) in [7, 11) is -6.10. The molecule has 0 aromatic heterocycles. The van der Waals surface area contributed by atoms with Gasteiger partial charge in [-0.25, -0.2) is 16.8 Å². The number of hydrogen-bond donors (Lipinski definition) is 0. The Morgan fingerprint density at radius 2 is 1.05 bits per heavy atom. The highest BCUT2D eigenvalue weighted by atomic mass is 32.2. The van der Waals surface area contributed by atoms with Gasteiger partial charge in [0.25, 0.3) is 0 Å². The lowest BCUT2D eigenvalue weighted by molar-refractivity contribution is 0.165. The van der Waals surface area contributed by atoms with Gasteiger partial charge in [0.05, 0.1) is 36.2 Å². The molecule has 0 radical (unpaired) electrons. The maximum Gasteiger partial charge on any atom is 0.152 e. The molecule has 7 heteroatoms. The van der Waals surface area contributed by atoms with Gasteiger partial charge in [0.1, 0.15) is 0 Å². The molecular formula is C12H26O5S2. The molecule has 0 aromatic carbocycles. The fourth-order valence-corrected chi connectivity index (χ4v) is 4.02. The highest BCUT2D eigenvalue weighted by molar-refractivity contribution is 7.91. The van der Waals surface area contributed by atoms with Crippen molar-refractivity contribution in [2.75, 3.05) is 36.2 Å². The van der Waals surface area contributed by atoms with Gasteiger partial charge in [0.15, 0.2) is 19.7 Å². The summed E-state index contributed by atoms with van der Waals surface area (Å²) in [4.78, 5) is 0. The van der Waals surface area contributed by atoms with Crippen LogP contribution in [-0.4, -0.2) is 53.1 Å². The third kappa shape index (κ3) is 11.4. The molecule has 0 aliphatic carbocycles. The Labute approximate surface area is 117 Å². The molecule has 0 atom stereocenters. The average molecular weight is 314 g/mol. The minimum atomic E-state index is -3.05. The van der Waals surface area contributed by atoms with Crippen LogP contribution in [0.4, 0.5) is 0 Å². The monoisotopic (exact) mass is 314 g/mol. The van der Waals surface area contributed by atoms with Gasteiger partial charge >= 0.3 is 0 Å². The summed E-state index contributed by atoms with van der Waals surface area (Å²) in [5.41, 5.74) is 0. The second-order valence-corrected chi connectivity index (χ2v) is 9.23. The molecular weight excluding hydrogens is 288 g/mol. The summed E-state index contributed by atoms with van der Waals surface area (Å²) in [5.74, 6) is 0.313. The minimum Gasteiger partial charge on any atom is -0.379 e. The van der Waals surface area contributed by atoms with Gasteiger partial charge in [-0.05, 0) is 12.8 Å². The quantitative estimate of drug-likeness (QED) is 0.509. The van der Waals surface area contributed by atoms with Crippen LogP contribution in [0.25, 0.3) is 0 Å². The van der Waals surface area contributed by atoms with Crippen molar-refractivity contribution in [3.63, 3.8) is 0 Å². The number of unbranched alkanes of at least 4 members (excludes halogenated alkanes) is 2. The van der Waals surface area contributed by atoms with Crippen LogP contribution in [0.1, 0.15) is 39.5 Å². The second kappa shape index (κ2) is 9.72. The molecule has 19 heavy (non-hydrogen) atoms. The van der Waals surface area contributed by atoms with E-state index in [9.17, 15) is 16.8 Å². The number of sulfone groups is 2. The number of hydrogen-bond acceptors (Lipinski definition) is 5. The van der Waals surface area contributed by atoms with Crippen LogP contribution in [0.15, 0.2) is 0 Å². The second-order valence-electron chi connectivity index (χ2n) is 4.62. The van der Waals surface area contributed by atoms with Crippen molar-refractivity contribution in [1.82, 2.24) is 0 Å². The molecule has 5 nitrogen and oxygen atoms in total. The van der Waals surface area contributed by atoms with Crippen molar-refractivity contribution in [2.24, 2.45) is 0 Å². The molecule has 0 amide bonds. The minimum absolute atomic E-state index is 0.0258. The van der Waals surface area contributed by atoms with Gasteiger partial charge in [-0.2, -0.15) is 0 Å². The first-order valence-electron chi connectivity index (χ1n) is 6.81. The van der Waals surface area contributed by atoms with E-state index in [1.807, 2.05) is 13.8 Å². The van der Waals surface area contributed by atoms with Crippen LogP contribution < -0.4 is 0 Å². The van der Waals surface area contributed by atoms with E-state index in [1.54, 1.807) is 0 Å². The third-order valence-electron chi connectivity index (χ3n) is 2.70. The van der Waals surface area contributed by atoms with Crippen molar-refractivity contribution in [2.45, 2.75) is 39.5 Å². The highest BCUT2D eigenvalue weighted by Crippen LogP contribution is 1.99. The average Bonchev–Trinajstić information content (AvgIpc) is 2.33. The molecule has 0 aromatic rings. The first-order valence-corrected chi connectivity index (χ1v) is 10.5. The van der Waals surface area contributed by atoms with Crippen LogP contribution in [0.5, 0.6) is 0 Å². The predicted molar refractivity (Wildman–Crippen MR) is 77.9 cm³/mol. The standard InChI is InChI=1S/C12H26O5S2/c1-3-5-9-18(13,14)11-7-17-8-12-19(15,16)10-6-4-2/h3-12H2,1-2H3. The first kappa shape index (κ1) is 18.9. The molecule has 0 N–H and O–H groups in total. The lowest BCUT2D eigenvalue weighted by atomic mass is 10.4. The Hall–Kier alpha value is -0.140. The van der Waals surface area contributed by atoms with E-state index < -0.39 is 19.7 Å². The Morgan fingerprint density at radius 1 is 0.684 bits per heavy atom. The Morgan fingerprint density at radius 3 is 1.37 bits per heavy atom. The number of ether oxygens (including phenoxy) is 1. The highest BCUT2D eigenvalue weighted by Gasteiger charge is 2.12. The molecule has 0 rings (SSSR count). The van der Waals surface area contributed by atoms with E-state index in [2.05, 4.69) is 0 Å². The van der Waals surface area contributed by atoms with Gasteiger partial charge < -0.3 is 4.74 Å². The van der Waals surface area contributed by atoms with Crippen LogP contribution in [-0.2, 0) is 24.4 Å². The molecule has 116 valence electrons. The molecule has 0 spiro atoms. The largest absolute Gasteiger partial charge is 0.379 e. The zero-order valence-electron chi connectivity index (χ0n) is 11.9. The lowest BCUT2D eigenvalue weighted by Crippen LogP contribution is -2.19. The Bertz CT molecular complexity index is 371. The lowest BCUT2D eigenvalue weighted by Gasteiger charge is -2.06. The first-order chi connectivity index (χ1) is 8.83. The molecule has 0 bridgehead atoms. The van der Waals surface area contributed by atoms with Crippen molar-refractivity contribution in [3.8, 4) is 0 Å². The summed E-state index contributed by atoms with van der Waals surface area (Å²) >= 11 is 0. The summed E-state index contributed by atoms with van der Waals surface area (Å²) in [6.07, 6.45) is 3.01. The van der Waals surface area contributed by atoms with Crippen molar-refractivity contribution in [1.29, 1.82) is 0 Å². The summed E-state index contributed by atoms with van der Waals surface area (Å²) in [6, 6.07) is 0. The normalized spacial score (nSPS) is 12.7. The SMILES string of the molecule is CCCCS(=O)(=O)CCOCCS(=O)(=O)CCCC. The topological polar surface area (TPSA) is 77.5 Å². The fraction of sp³-hybridized carbons (Fsp3) is 1.00. The zero-order valence-corrected chi connectivity index (χ0v) is 13.6. The van der Waals surface area contributed by atoms with E-state index in [-0.39, 0.29) is 36.2 Å². The summed E-state index contributed by atoms with van der Waals surface area (Å²) in [6.45, 7) is 4.03. The maximum absolute atomic E-state index is 11.5. The van der Waals surface area contributed by atoms with E-state index in [4.69, 9.17) is 4.74 Å². The van der Waals surface area contributed by atoms with Gasteiger partial charge in [0, 0.05) is 0 Å². The van der Waals surface area contributed by atoms with E-state index in [0.717, 1.165) is 12.8 Å². The van der Waals surface area contributed by atoms with Gasteiger partial charge in [-0.3, -0.25) is 0 Å². The molecule has 0 aliphatic heterocycles. The zero-order chi connectivity index (χ0) is 14.8. The smallest absolute Gasteiger partial charge is 0.152 e. The molecule has 0 heterocycles. The van der Waals surface area contributed by atoms with Crippen LogP contribution in [0.3, 0.4) is 0 Å². The van der Waals surface area contributed by atoms with Crippen molar-refractivity contribution in [3.05, 3.63) is 0 Å². The Kier molecular flexibility index (Phi) is 9.64. The molecule has 0 aliphatic rings. The van der Waals surface area contributed by atoms with Crippen LogP contribution in [0.2, 0.25) is 0 Å². The maximum atomic E-state index is 11.5. The predicted octanol–water partition coefficient (Wildman–Crippen LogP) is 1.43.